The van der Waals surface area contributed by atoms with Crippen LogP contribution in [0.3, 0.4) is 0 Å². The van der Waals surface area contributed by atoms with Crippen LogP contribution in [0.25, 0.3) is 0 Å². The van der Waals surface area contributed by atoms with Crippen LogP contribution in [0.1, 0.15) is 16.9 Å². The van der Waals surface area contributed by atoms with Gasteiger partial charge in [0.2, 0.25) is 10.0 Å². The largest absolute Gasteiger partial charge is 0.311 e. The minimum Gasteiger partial charge on any atom is -0.311 e. The van der Waals surface area contributed by atoms with Crippen LogP contribution in [0.4, 0.5) is 0 Å². The normalized spacial score (nSPS) is 19.8. The molecule has 1 saturated heterocycles. The van der Waals surface area contributed by atoms with Crippen molar-refractivity contribution in [1.29, 1.82) is 0 Å². The number of hydrogen-bond donors (Lipinski definition) is 1. The summed E-state index contributed by atoms with van der Waals surface area (Å²) in [5.74, 6) is 0.317. The molecule has 0 spiro atoms. The van der Waals surface area contributed by atoms with Crippen LogP contribution >= 0.6 is 11.3 Å². The molecule has 1 aromatic rings. The van der Waals surface area contributed by atoms with E-state index in [1.165, 1.54) is 10.4 Å². The second-order valence-electron chi connectivity index (χ2n) is 4.27. The van der Waals surface area contributed by atoms with E-state index in [-0.39, 0.29) is 0 Å². The molecule has 0 bridgehead atoms. The maximum atomic E-state index is 11.5. The van der Waals surface area contributed by atoms with Crippen molar-refractivity contribution in [1.82, 2.24) is 9.62 Å². The molecule has 2 rings (SSSR count). The minimum atomic E-state index is -2.93. The highest BCUT2D eigenvalue weighted by Crippen LogP contribution is 2.15. The number of thiophene rings is 1. The first-order valence-corrected chi connectivity index (χ1v) is 8.30. The van der Waals surface area contributed by atoms with Gasteiger partial charge in [0.15, 0.2) is 0 Å². The first-order valence-electron chi connectivity index (χ1n) is 5.81. The van der Waals surface area contributed by atoms with Crippen LogP contribution in [-0.2, 0) is 16.6 Å². The molecular weight excluding hydrogens is 256 g/mol. The molecule has 1 aliphatic rings. The summed E-state index contributed by atoms with van der Waals surface area (Å²) in [5.41, 5.74) is 1.30. The van der Waals surface area contributed by atoms with E-state index in [0.717, 1.165) is 19.5 Å². The second kappa shape index (κ2) is 5.48. The van der Waals surface area contributed by atoms with E-state index in [4.69, 9.17) is 0 Å². The van der Waals surface area contributed by atoms with Gasteiger partial charge in [-0.3, -0.25) is 0 Å². The zero-order valence-electron chi connectivity index (χ0n) is 9.98. The van der Waals surface area contributed by atoms with Crippen molar-refractivity contribution in [3.05, 3.63) is 21.9 Å². The summed E-state index contributed by atoms with van der Waals surface area (Å²) < 4.78 is 24.7. The molecule has 1 aliphatic heterocycles. The molecule has 1 fully saturated rings. The first-order chi connectivity index (χ1) is 8.09. The Morgan fingerprint density at radius 3 is 2.94 bits per heavy atom. The second-order valence-corrected chi connectivity index (χ2v) is 7.36. The summed E-state index contributed by atoms with van der Waals surface area (Å²) >= 11 is 1.74. The van der Waals surface area contributed by atoms with E-state index in [9.17, 15) is 8.42 Å². The average molecular weight is 274 g/mol. The highest BCUT2D eigenvalue weighted by Gasteiger charge is 2.27. The molecule has 0 aliphatic carbocycles. The van der Waals surface area contributed by atoms with Gasteiger partial charge in [0, 0.05) is 31.1 Å². The van der Waals surface area contributed by atoms with E-state index in [0.29, 0.717) is 18.8 Å². The standard InChI is InChI=1S/C11H18N2O2S2/c1-10-3-7-16-11(10)9-12-4-6-13-5-2-8-17(13,14)15/h3,7,12H,2,4-6,8-9H2,1H3. The predicted molar refractivity (Wildman–Crippen MR) is 70.7 cm³/mol. The van der Waals surface area contributed by atoms with Crippen LogP contribution in [0.15, 0.2) is 11.4 Å². The lowest BCUT2D eigenvalue weighted by atomic mass is 10.3. The fourth-order valence-corrected chi connectivity index (χ4v) is 4.34. The van der Waals surface area contributed by atoms with Crippen LogP contribution in [0.5, 0.6) is 0 Å². The quantitative estimate of drug-likeness (QED) is 0.820. The van der Waals surface area contributed by atoms with Gasteiger partial charge in [0.25, 0.3) is 0 Å². The molecule has 1 N–H and O–H groups in total. The lowest BCUT2D eigenvalue weighted by molar-refractivity contribution is 0.434. The monoisotopic (exact) mass is 274 g/mol. The first kappa shape index (κ1) is 13.0. The molecule has 0 radical (unpaired) electrons. The third kappa shape index (κ3) is 3.28. The van der Waals surface area contributed by atoms with Crippen LogP contribution in [-0.4, -0.2) is 38.1 Å². The fraction of sp³-hybridized carbons (Fsp3) is 0.636. The van der Waals surface area contributed by atoms with E-state index in [2.05, 4.69) is 23.7 Å². The van der Waals surface area contributed by atoms with Gasteiger partial charge < -0.3 is 5.32 Å². The van der Waals surface area contributed by atoms with Crippen molar-refractivity contribution in [2.45, 2.75) is 19.9 Å². The van der Waals surface area contributed by atoms with Crippen molar-refractivity contribution in [2.24, 2.45) is 0 Å². The lowest BCUT2D eigenvalue weighted by Crippen LogP contribution is -2.33. The maximum Gasteiger partial charge on any atom is 0.214 e. The zero-order valence-corrected chi connectivity index (χ0v) is 11.6. The van der Waals surface area contributed by atoms with Gasteiger partial charge in [-0.15, -0.1) is 11.3 Å². The zero-order chi connectivity index (χ0) is 12.3. The van der Waals surface area contributed by atoms with E-state index >= 15 is 0 Å². The molecule has 0 unspecified atom stereocenters. The summed E-state index contributed by atoms with van der Waals surface area (Å²) in [7, 11) is -2.93. The maximum absolute atomic E-state index is 11.5. The SMILES string of the molecule is Cc1ccsc1CNCCN1CCCS1(=O)=O. The van der Waals surface area contributed by atoms with Crippen LogP contribution in [0.2, 0.25) is 0 Å². The van der Waals surface area contributed by atoms with E-state index in [1.54, 1.807) is 15.6 Å². The lowest BCUT2D eigenvalue weighted by Gasteiger charge is -2.14. The van der Waals surface area contributed by atoms with Crippen molar-refractivity contribution in [2.75, 3.05) is 25.4 Å². The third-order valence-corrected chi connectivity index (χ3v) is 5.97. The van der Waals surface area contributed by atoms with Gasteiger partial charge in [-0.05, 0) is 30.4 Å². The average Bonchev–Trinajstić information content (AvgIpc) is 2.81. The summed E-state index contributed by atoms with van der Waals surface area (Å²) in [6.45, 7) is 4.92. The molecule has 4 nitrogen and oxygen atoms in total. The molecule has 0 saturated carbocycles. The Morgan fingerprint density at radius 1 is 1.53 bits per heavy atom. The van der Waals surface area contributed by atoms with Crippen LogP contribution in [0, 0.1) is 6.92 Å². The third-order valence-electron chi connectivity index (χ3n) is 2.99. The Kier molecular flexibility index (Phi) is 4.19. The van der Waals surface area contributed by atoms with Gasteiger partial charge in [0.05, 0.1) is 5.75 Å². The Morgan fingerprint density at radius 2 is 2.35 bits per heavy atom. The smallest absolute Gasteiger partial charge is 0.214 e. The summed E-state index contributed by atoms with van der Waals surface area (Å²) in [4.78, 5) is 1.33. The highest BCUT2D eigenvalue weighted by molar-refractivity contribution is 7.89. The number of hydrogen-bond acceptors (Lipinski definition) is 4. The van der Waals surface area contributed by atoms with Crippen molar-refractivity contribution in [3.63, 3.8) is 0 Å². The van der Waals surface area contributed by atoms with Gasteiger partial charge in [-0.25, -0.2) is 12.7 Å². The summed E-state index contributed by atoms with van der Waals surface area (Å²) in [5, 5.41) is 5.38. The Bertz CT molecular complexity index is 468. The number of aryl methyl sites for hydroxylation is 1. The van der Waals surface area contributed by atoms with Crippen molar-refractivity contribution in [3.8, 4) is 0 Å². The predicted octanol–water partition coefficient (Wildman–Crippen LogP) is 1.18. The summed E-state index contributed by atoms with van der Waals surface area (Å²) in [6, 6.07) is 2.10. The highest BCUT2D eigenvalue weighted by atomic mass is 32.2. The van der Waals surface area contributed by atoms with Crippen molar-refractivity contribution >= 4 is 21.4 Å². The minimum absolute atomic E-state index is 0.317. The fourth-order valence-electron chi connectivity index (χ4n) is 1.93. The van der Waals surface area contributed by atoms with Gasteiger partial charge in [-0.2, -0.15) is 0 Å². The molecular formula is C11H18N2O2S2. The molecule has 2 heterocycles. The number of nitrogens with one attached hydrogen (secondary N) is 1. The van der Waals surface area contributed by atoms with Gasteiger partial charge >= 0.3 is 0 Å². The van der Waals surface area contributed by atoms with E-state index in [1.807, 2.05) is 0 Å². The molecule has 0 aromatic carbocycles. The Labute approximate surface area is 107 Å². The molecule has 0 amide bonds. The molecule has 6 heteroatoms. The number of rotatable bonds is 5. The molecule has 1 aromatic heterocycles. The topological polar surface area (TPSA) is 49.4 Å². The van der Waals surface area contributed by atoms with Gasteiger partial charge in [-0.1, -0.05) is 0 Å². The Hall–Kier alpha value is -0.430. The summed E-state index contributed by atoms with van der Waals surface area (Å²) in [6.07, 6.45) is 0.770. The molecule has 0 atom stereocenters. The number of sulfonamides is 1. The molecule has 17 heavy (non-hydrogen) atoms. The Balaban J connectivity index is 1.72. The van der Waals surface area contributed by atoms with Crippen LogP contribution < -0.4 is 5.32 Å². The van der Waals surface area contributed by atoms with Gasteiger partial charge in [0.1, 0.15) is 0 Å². The number of nitrogens with zero attached hydrogens (tertiary/aromatic N) is 1. The van der Waals surface area contributed by atoms with Crippen molar-refractivity contribution < 1.29 is 8.42 Å². The van der Waals surface area contributed by atoms with E-state index < -0.39 is 10.0 Å². The molecule has 96 valence electrons.